The minimum absolute atomic E-state index is 0. The van der Waals surface area contributed by atoms with Gasteiger partial charge in [0.1, 0.15) is 5.75 Å². The van der Waals surface area contributed by atoms with Gasteiger partial charge in [-0.15, -0.1) is 0 Å². The first-order valence-corrected chi connectivity index (χ1v) is 4.67. The van der Waals surface area contributed by atoms with Gasteiger partial charge in [-0.25, -0.2) is 0 Å². The van der Waals surface area contributed by atoms with Crippen LogP contribution in [0, 0.1) is 61.6 Å². The molecule has 0 heterocycles. The second-order valence-electron chi connectivity index (χ2n) is 3.14. The fourth-order valence-corrected chi connectivity index (χ4v) is 0.805. The number of benzene rings is 1. The molecule has 0 atom stereocenters. The maximum absolute atomic E-state index is 9.04. The number of aryl methyl sites for hydroxylation is 2. The Hall–Kier alpha value is 0.371. The molecule has 0 aliphatic rings. The summed E-state index contributed by atoms with van der Waals surface area (Å²) in [5.74, 6) is 0.376. The molecule has 1 nitrogen and oxygen atoms in total. The third-order valence-corrected chi connectivity index (χ3v) is 1.71. The van der Waals surface area contributed by atoms with Crippen molar-refractivity contribution in [1.82, 2.24) is 0 Å². The van der Waals surface area contributed by atoms with Gasteiger partial charge in [0.05, 0.1) is 0 Å². The smallest absolute Gasteiger partial charge is 0.118 e. The van der Waals surface area contributed by atoms with Crippen molar-refractivity contribution in [3.63, 3.8) is 0 Å². The Balaban J connectivity index is 0. The molecular formula is C12H19NdO-. The van der Waals surface area contributed by atoms with Crippen molar-refractivity contribution in [3.05, 3.63) is 36.2 Å². The van der Waals surface area contributed by atoms with Gasteiger partial charge in [0, 0.05) is 40.8 Å². The molecule has 0 radical (unpaired) electrons. The van der Waals surface area contributed by atoms with Crippen molar-refractivity contribution < 1.29 is 45.9 Å². The van der Waals surface area contributed by atoms with Crippen LogP contribution < -0.4 is 0 Å². The van der Waals surface area contributed by atoms with Gasteiger partial charge in [0.25, 0.3) is 0 Å². The molecule has 1 N–H and O–H groups in total. The van der Waals surface area contributed by atoms with E-state index >= 15 is 0 Å². The fraction of sp³-hybridized carbons (Fsp3) is 0.417. The molecule has 0 aromatic heterocycles. The van der Waals surface area contributed by atoms with E-state index in [1.165, 1.54) is 12.0 Å². The third-order valence-electron chi connectivity index (χ3n) is 1.71. The largest absolute Gasteiger partial charge is 0.508 e. The molecule has 1 aromatic carbocycles. The predicted molar refractivity (Wildman–Crippen MR) is 57.8 cm³/mol. The van der Waals surface area contributed by atoms with Crippen LogP contribution in [0.15, 0.2) is 18.2 Å². The first kappa shape index (κ1) is 16.8. The standard InChI is InChI=1S/C8H10O.C4H9.Nd/c1-6-3-4-8(9)7(2)5-6;1-3-4-2;/h3-5,9H,1-2H3;1,3-4H2,2H3;/q;-1;. The van der Waals surface area contributed by atoms with Crippen molar-refractivity contribution in [2.45, 2.75) is 33.6 Å². The molecule has 0 saturated carbocycles. The maximum atomic E-state index is 9.04. The van der Waals surface area contributed by atoms with Gasteiger partial charge in [-0.05, 0) is 25.5 Å². The molecule has 0 unspecified atom stereocenters. The van der Waals surface area contributed by atoms with Crippen LogP contribution in [0.5, 0.6) is 5.75 Å². The zero-order chi connectivity index (χ0) is 10.3. The quantitative estimate of drug-likeness (QED) is 0.783. The number of aromatic hydroxyl groups is 1. The zero-order valence-electron chi connectivity index (χ0n) is 9.30. The van der Waals surface area contributed by atoms with Crippen LogP contribution in [0.4, 0.5) is 0 Å². The normalized spacial score (nSPS) is 8.29. The monoisotopic (exact) mass is 321 g/mol. The molecule has 14 heavy (non-hydrogen) atoms. The molecule has 0 saturated heterocycles. The summed E-state index contributed by atoms with van der Waals surface area (Å²) in [7, 11) is 0. The molecule has 0 bridgehead atoms. The summed E-state index contributed by atoms with van der Waals surface area (Å²) in [6, 6.07) is 5.56. The number of hydrogen-bond acceptors (Lipinski definition) is 1. The zero-order valence-corrected chi connectivity index (χ0v) is 12.5. The van der Waals surface area contributed by atoms with Crippen molar-refractivity contribution in [1.29, 1.82) is 0 Å². The van der Waals surface area contributed by atoms with Crippen LogP contribution >= 0.6 is 0 Å². The number of phenols is 1. The van der Waals surface area contributed by atoms with Crippen molar-refractivity contribution in [2.24, 2.45) is 0 Å². The molecule has 0 spiro atoms. The summed E-state index contributed by atoms with van der Waals surface area (Å²) in [5, 5.41) is 9.04. The van der Waals surface area contributed by atoms with E-state index in [2.05, 4.69) is 13.8 Å². The van der Waals surface area contributed by atoms with E-state index in [1.54, 1.807) is 6.07 Å². The molecule has 78 valence electrons. The summed E-state index contributed by atoms with van der Waals surface area (Å²) < 4.78 is 0. The van der Waals surface area contributed by atoms with Gasteiger partial charge in [0.15, 0.2) is 0 Å². The molecule has 1 rings (SSSR count). The van der Waals surface area contributed by atoms with Crippen LogP contribution in [-0.2, 0) is 0 Å². The molecule has 0 amide bonds. The Labute approximate surface area is 120 Å². The van der Waals surface area contributed by atoms with Gasteiger partial charge in [-0.1, -0.05) is 31.0 Å². The second-order valence-corrected chi connectivity index (χ2v) is 3.14. The Morgan fingerprint density at radius 3 is 2.07 bits per heavy atom. The minimum atomic E-state index is 0. The SMILES string of the molecule is Cc1ccc(O)c(C)c1.[CH2-]CCC.[Nd]. The molecule has 0 aliphatic heterocycles. The summed E-state index contributed by atoms with van der Waals surface area (Å²) in [4.78, 5) is 0. The van der Waals surface area contributed by atoms with Crippen molar-refractivity contribution in [2.75, 3.05) is 0 Å². The van der Waals surface area contributed by atoms with E-state index in [9.17, 15) is 0 Å². The van der Waals surface area contributed by atoms with Crippen LogP contribution in [-0.4, -0.2) is 5.11 Å². The first-order chi connectivity index (χ1) is 6.11. The van der Waals surface area contributed by atoms with Crippen LogP contribution in [0.2, 0.25) is 0 Å². The van der Waals surface area contributed by atoms with E-state index in [0.717, 1.165) is 12.0 Å². The Kier molecular flexibility index (Phi) is 11.9. The van der Waals surface area contributed by atoms with Gasteiger partial charge in [-0.2, -0.15) is 6.42 Å². The second kappa shape index (κ2) is 9.91. The van der Waals surface area contributed by atoms with E-state index < -0.39 is 0 Å². The number of phenolic OH excluding ortho intramolecular Hbond substituents is 1. The minimum Gasteiger partial charge on any atom is -0.508 e. The van der Waals surface area contributed by atoms with Crippen LogP contribution in [0.3, 0.4) is 0 Å². The van der Waals surface area contributed by atoms with E-state index in [-0.39, 0.29) is 40.8 Å². The molecule has 0 fully saturated rings. The molecule has 0 aliphatic carbocycles. The average Bonchev–Trinajstić information content (AvgIpc) is 2.12. The predicted octanol–water partition coefficient (Wildman–Crippen LogP) is 3.63. The van der Waals surface area contributed by atoms with Crippen LogP contribution in [0.25, 0.3) is 0 Å². The fourth-order valence-electron chi connectivity index (χ4n) is 0.805. The van der Waals surface area contributed by atoms with Crippen molar-refractivity contribution in [3.8, 4) is 5.75 Å². The maximum Gasteiger partial charge on any atom is 0.118 e. The Morgan fingerprint density at radius 1 is 1.29 bits per heavy atom. The van der Waals surface area contributed by atoms with E-state index in [0.29, 0.717) is 5.75 Å². The van der Waals surface area contributed by atoms with Gasteiger partial charge < -0.3 is 12.0 Å². The number of hydrogen-bond donors (Lipinski definition) is 1. The van der Waals surface area contributed by atoms with Gasteiger partial charge in [0.2, 0.25) is 0 Å². The summed E-state index contributed by atoms with van der Waals surface area (Å²) in [6.07, 6.45) is 2.28. The van der Waals surface area contributed by atoms with E-state index in [1.807, 2.05) is 26.0 Å². The average molecular weight is 324 g/mol. The first-order valence-electron chi connectivity index (χ1n) is 4.67. The van der Waals surface area contributed by atoms with Gasteiger partial charge in [-0.3, -0.25) is 0 Å². The number of rotatable bonds is 1. The Bertz CT molecular complexity index is 244. The third kappa shape index (κ3) is 7.74. The molecule has 2 heteroatoms. The summed E-state index contributed by atoms with van der Waals surface area (Å²) in [6.45, 7) is 9.62. The molecule has 1 aromatic rings. The summed E-state index contributed by atoms with van der Waals surface area (Å²) in [5.41, 5.74) is 2.13. The van der Waals surface area contributed by atoms with Gasteiger partial charge >= 0.3 is 0 Å². The van der Waals surface area contributed by atoms with Crippen LogP contribution in [0.1, 0.15) is 30.9 Å². The topological polar surface area (TPSA) is 20.2 Å². The molecular weight excluding hydrogens is 304 g/mol. The van der Waals surface area contributed by atoms with Crippen molar-refractivity contribution >= 4 is 0 Å². The summed E-state index contributed by atoms with van der Waals surface area (Å²) >= 11 is 0. The number of unbranched alkanes of at least 4 members (excludes halogenated alkanes) is 1. The van der Waals surface area contributed by atoms with E-state index in [4.69, 9.17) is 5.11 Å². The Morgan fingerprint density at radius 2 is 1.79 bits per heavy atom.